The maximum Gasteiger partial charge on any atom is 0.387 e. The molecule has 0 bridgehead atoms. The summed E-state index contributed by atoms with van der Waals surface area (Å²) >= 11 is 3.32. The molecule has 2 nitrogen and oxygen atoms in total. The van der Waals surface area contributed by atoms with Crippen molar-refractivity contribution in [1.82, 2.24) is 0 Å². The standard InChI is InChI=1S/C12H14BrF2NO/c13-9-6-10(16-4-2-1-3-5-16)8-11(7-9)17-12(14)15/h6-8,12H,1-5H2. The SMILES string of the molecule is FC(F)Oc1cc(Br)cc(N2CCCCC2)c1. The molecule has 0 saturated carbocycles. The van der Waals surface area contributed by atoms with Crippen molar-refractivity contribution in [2.45, 2.75) is 25.9 Å². The van der Waals surface area contributed by atoms with Crippen LogP contribution in [0.2, 0.25) is 0 Å². The molecule has 1 aliphatic rings. The fourth-order valence-corrected chi connectivity index (χ4v) is 2.51. The van der Waals surface area contributed by atoms with Gasteiger partial charge in [-0.2, -0.15) is 8.78 Å². The summed E-state index contributed by atoms with van der Waals surface area (Å²) in [6.45, 7) is -0.826. The van der Waals surface area contributed by atoms with E-state index in [2.05, 4.69) is 25.6 Å². The van der Waals surface area contributed by atoms with Crippen molar-refractivity contribution in [1.29, 1.82) is 0 Å². The van der Waals surface area contributed by atoms with E-state index >= 15 is 0 Å². The van der Waals surface area contributed by atoms with Gasteiger partial charge in [0.1, 0.15) is 5.75 Å². The van der Waals surface area contributed by atoms with Crippen molar-refractivity contribution in [3.05, 3.63) is 22.7 Å². The van der Waals surface area contributed by atoms with Gasteiger partial charge in [-0.05, 0) is 31.4 Å². The van der Waals surface area contributed by atoms with Crippen LogP contribution in [0.25, 0.3) is 0 Å². The zero-order valence-corrected chi connectivity index (χ0v) is 10.9. The summed E-state index contributed by atoms with van der Waals surface area (Å²) in [4.78, 5) is 2.20. The highest BCUT2D eigenvalue weighted by Gasteiger charge is 2.13. The second-order valence-corrected chi connectivity index (χ2v) is 4.99. The number of hydrogen-bond donors (Lipinski definition) is 0. The molecule has 0 spiro atoms. The maximum absolute atomic E-state index is 12.2. The predicted octanol–water partition coefficient (Wildman–Crippen LogP) is 4.04. The van der Waals surface area contributed by atoms with Crippen LogP contribution in [0.1, 0.15) is 19.3 Å². The Kier molecular flexibility index (Phi) is 4.20. The topological polar surface area (TPSA) is 12.5 Å². The van der Waals surface area contributed by atoms with Gasteiger partial charge >= 0.3 is 6.61 Å². The first kappa shape index (κ1) is 12.6. The first-order valence-electron chi connectivity index (χ1n) is 5.65. The molecule has 1 aliphatic heterocycles. The minimum absolute atomic E-state index is 0.204. The van der Waals surface area contributed by atoms with Gasteiger partial charge in [0.25, 0.3) is 0 Å². The third-order valence-electron chi connectivity index (χ3n) is 2.80. The van der Waals surface area contributed by atoms with Crippen molar-refractivity contribution in [3.8, 4) is 5.75 Å². The van der Waals surface area contributed by atoms with Crippen molar-refractivity contribution >= 4 is 21.6 Å². The molecular formula is C12H14BrF2NO. The quantitative estimate of drug-likeness (QED) is 0.835. The Hall–Kier alpha value is -0.840. The van der Waals surface area contributed by atoms with Gasteiger partial charge in [-0.25, -0.2) is 0 Å². The molecule has 17 heavy (non-hydrogen) atoms. The number of hydrogen-bond acceptors (Lipinski definition) is 2. The average Bonchev–Trinajstić information content (AvgIpc) is 2.28. The van der Waals surface area contributed by atoms with Crippen LogP contribution in [0.3, 0.4) is 0 Å². The van der Waals surface area contributed by atoms with Crippen molar-refractivity contribution in [3.63, 3.8) is 0 Å². The number of ether oxygens (including phenoxy) is 1. The normalized spacial score (nSPS) is 16.4. The average molecular weight is 306 g/mol. The Balaban J connectivity index is 2.18. The summed E-state index contributed by atoms with van der Waals surface area (Å²) in [6.07, 6.45) is 3.54. The van der Waals surface area contributed by atoms with Gasteiger partial charge in [-0.1, -0.05) is 15.9 Å². The Morgan fingerprint density at radius 2 is 1.82 bits per heavy atom. The van der Waals surface area contributed by atoms with E-state index in [1.165, 1.54) is 6.42 Å². The van der Waals surface area contributed by atoms with Crippen LogP contribution in [-0.2, 0) is 0 Å². The van der Waals surface area contributed by atoms with Gasteiger partial charge in [0.2, 0.25) is 0 Å². The van der Waals surface area contributed by atoms with Crippen LogP contribution in [0, 0.1) is 0 Å². The van der Waals surface area contributed by atoms with Crippen LogP contribution in [-0.4, -0.2) is 19.7 Å². The predicted molar refractivity (Wildman–Crippen MR) is 66.8 cm³/mol. The molecule has 0 aliphatic carbocycles. The lowest BCUT2D eigenvalue weighted by atomic mass is 10.1. The van der Waals surface area contributed by atoms with Crippen LogP contribution in [0.4, 0.5) is 14.5 Å². The number of nitrogens with zero attached hydrogens (tertiary/aromatic N) is 1. The fraction of sp³-hybridized carbons (Fsp3) is 0.500. The molecule has 0 amide bonds. The monoisotopic (exact) mass is 305 g/mol. The third kappa shape index (κ3) is 3.56. The van der Waals surface area contributed by atoms with Gasteiger partial charge in [-0.15, -0.1) is 0 Å². The molecule has 1 saturated heterocycles. The lowest BCUT2D eigenvalue weighted by molar-refractivity contribution is -0.0498. The van der Waals surface area contributed by atoms with E-state index < -0.39 is 6.61 Å². The Morgan fingerprint density at radius 1 is 1.12 bits per heavy atom. The molecule has 94 valence electrons. The molecular weight excluding hydrogens is 292 g/mol. The Morgan fingerprint density at radius 3 is 2.47 bits per heavy atom. The molecule has 1 aromatic rings. The molecule has 0 atom stereocenters. The largest absolute Gasteiger partial charge is 0.435 e. The smallest absolute Gasteiger partial charge is 0.387 e. The molecule has 0 N–H and O–H groups in total. The maximum atomic E-state index is 12.2. The minimum Gasteiger partial charge on any atom is -0.435 e. The second kappa shape index (κ2) is 5.67. The van der Waals surface area contributed by atoms with E-state index in [1.54, 1.807) is 12.1 Å². The summed E-state index contributed by atoms with van der Waals surface area (Å²) in [7, 11) is 0. The lowest BCUT2D eigenvalue weighted by Crippen LogP contribution is -2.29. The summed E-state index contributed by atoms with van der Waals surface area (Å²) in [6, 6.07) is 5.16. The van der Waals surface area contributed by atoms with Crippen LogP contribution in [0.15, 0.2) is 22.7 Å². The van der Waals surface area contributed by atoms with E-state index in [-0.39, 0.29) is 5.75 Å². The Bertz CT molecular complexity index is 381. The van der Waals surface area contributed by atoms with E-state index in [0.29, 0.717) is 0 Å². The van der Waals surface area contributed by atoms with Crippen molar-refractivity contribution in [2.75, 3.05) is 18.0 Å². The molecule has 0 radical (unpaired) electrons. The van der Waals surface area contributed by atoms with Crippen LogP contribution >= 0.6 is 15.9 Å². The van der Waals surface area contributed by atoms with Gasteiger partial charge < -0.3 is 9.64 Å². The minimum atomic E-state index is -2.78. The van der Waals surface area contributed by atoms with Crippen molar-refractivity contribution < 1.29 is 13.5 Å². The summed E-state index contributed by atoms with van der Waals surface area (Å²) in [5, 5.41) is 0. The highest BCUT2D eigenvalue weighted by atomic mass is 79.9. The molecule has 1 heterocycles. The van der Waals surface area contributed by atoms with Crippen molar-refractivity contribution in [2.24, 2.45) is 0 Å². The lowest BCUT2D eigenvalue weighted by Gasteiger charge is -2.29. The van der Waals surface area contributed by atoms with E-state index in [9.17, 15) is 8.78 Å². The van der Waals surface area contributed by atoms with E-state index in [0.717, 1.165) is 36.1 Å². The summed E-state index contributed by atoms with van der Waals surface area (Å²) in [5.74, 6) is 0.204. The molecule has 2 rings (SSSR count). The molecule has 5 heteroatoms. The molecule has 1 fully saturated rings. The number of alkyl halides is 2. The van der Waals surface area contributed by atoms with Gasteiger partial charge in [0.15, 0.2) is 0 Å². The zero-order valence-electron chi connectivity index (χ0n) is 9.33. The fourth-order valence-electron chi connectivity index (χ4n) is 2.05. The number of halogens is 3. The first-order chi connectivity index (χ1) is 8.15. The summed E-state index contributed by atoms with van der Waals surface area (Å²) < 4.78 is 29.5. The van der Waals surface area contributed by atoms with Gasteiger partial charge in [-0.3, -0.25) is 0 Å². The number of anilines is 1. The highest BCUT2D eigenvalue weighted by Crippen LogP contribution is 2.29. The molecule has 0 unspecified atom stereocenters. The first-order valence-corrected chi connectivity index (χ1v) is 6.45. The van der Waals surface area contributed by atoms with Crippen LogP contribution in [0.5, 0.6) is 5.75 Å². The number of piperidine rings is 1. The molecule has 0 aromatic heterocycles. The van der Waals surface area contributed by atoms with Gasteiger partial charge in [0.05, 0.1) is 0 Å². The van der Waals surface area contributed by atoms with Crippen LogP contribution < -0.4 is 9.64 Å². The van der Waals surface area contributed by atoms with Gasteiger partial charge in [0, 0.05) is 29.3 Å². The second-order valence-electron chi connectivity index (χ2n) is 4.07. The Labute approximate surface area is 108 Å². The van der Waals surface area contributed by atoms with E-state index in [1.807, 2.05) is 6.07 Å². The number of benzene rings is 1. The molecule has 1 aromatic carbocycles. The highest BCUT2D eigenvalue weighted by molar-refractivity contribution is 9.10. The third-order valence-corrected chi connectivity index (χ3v) is 3.26. The number of rotatable bonds is 3. The zero-order chi connectivity index (χ0) is 12.3. The summed E-state index contributed by atoms with van der Waals surface area (Å²) in [5.41, 5.74) is 0.940. The van der Waals surface area contributed by atoms with E-state index in [4.69, 9.17) is 0 Å².